The van der Waals surface area contributed by atoms with E-state index in [-0.39, 0.29) is 0 Å². The molecular formula is H4FPS2. The molecule has 0 aliphatic heterocycles. The molecule has 0 fully saturated rings. The fraction of sp³-hybridized carbons (Fsp3) is 0. The van der Waals surface area contributed by atoms with Gasteiger partial charge in [0, 0.05) is 0 Å². The molecule has 0 saturated carbocycles. The molecule has 0 rings (SSSR count). The maximum Gasteiger partial charge on any atom is 0.120 e. The zero-order valence-electron chi connectivity index (χ0n) is 3.73. The fourth-order valence-corrected chi connectivity index (χ4v) is 0. The molecule has 0 bridgehead atoms. The number of halogens is 1. The van der Waals surface area contributed by atoms with E-state index in [1.807, 2.05) is 0 Å². The molecular weight excluding hydrogens is 114 g/mol. The molecule has 0 aromatic rings. The Balaban J connectivity index is 4.16. The van der Waals surface area contributed by atoms with Gasteiger partial charge in [-0.2, -0.15) is 3.89 Å². The lowest BCUT2D eigenvalue weighted by Gasteiger charge is -1.69. The van der Waals surface area contributed by atoms with Gasteiger partial charge in [0.15, 0.2) is 0 Å². The zero-order chi connectivity index (χ0) is 5.45. The first kappa shape index (κ1) is 2.17. The quantitative estimate of drug-likeness (QED) is 0.273. The van der Waals surface area contributed by atoms with Crippen molar-refractivity contribution in [3.8, 4) is 0 Å². The van der Waals surface area contributed by atoms with Crippen molar-refractivity contribution in [1.82, 2.24) is 0 Å². The molecule has 4 heteroatoms. The average Bonchev–Trinajstić information content (AvgIpc) is 0.650. The second-order valence-corrected chi connectivity index (χ2v) is 3.78. The minimum atomic E-state index is -4.35. The lowest BCUT2D eigenvalue weighted by molar-refractivity contribution is 0.946. The predicted octanol–water partition coefficient (Wildman–Crippen LogP) is 0.856. The lowest BCUT2D eigenvalue weighted by atomic mass is 18.9. The van der Waals surface area contributed by atoms with Crippen LogP contribution in [0.2, 0.25) is 0 Å². The molecule has 0 aliphatic rings. The Morgan fingerprint density at radius 1 is 2.50 bits per heavy atom. The van der Waals surface area contributed by atoms with Crippen LogP contribution in [0.15, 0.2) is 0 Å². The molecule has 0 aromatic carbocycles. The highest BCUT2D eigenvalue weighted by Crippen LogP contribution is 1.92. The van der Waals surface area contributed by atoms with E-state index in [1.165, 1.54) is 0 Å². The highest BCUT2D eigenvalue weighted by atomic mass is 33.2. The first-order valence-corrected chi connectivity index (χ1v) is 3.94. The molecule has 0 unspecified atom stereocenters. The van der Waals surface area contributed by atoms with E-state index < -0.39 is 9.30 Å². The summed E-state index contributed by atoms with van der Waals surface area (Å²) in [6.45, 7) is 0. The second kappa shape index (κ2) is 2.18. The Labute approximate surface area is 35.9 Å². The maximum absolute atomic E-state index is 11.6. The highest BCUT2D eigenvalue weighted by Gasteiger charge is 1.47. The van der Waals surface area contributed by atoms with Gasteiger partial charge in [-0.3, -0.25) is 0 Å². The van der Waals surface area contributed by atoms with Crippen LogP contribution in [0.1, 0.15) is 0 Å². The molecule has 0 atom stereocenters. The molecule has 4 heavy (non-hydrogen) atoms. The minimum absolute atomic E-state index is 2.17. The van der Waals surface area contributed by atoms with Crippen LogP contribution in [0.25, 0.3) is 0 Å². The van der Waals surface area contributed by atoms with E-state index in [0.717, 1.165) is 0 Å². The number of thiol groups is 1. The van der Waals surface area contributed by atoms with E-state index >= 15 is 0 Å². The van der Waals surface area contributed by atoms with Gasteiger partial charge in [0.05, 0.1) is 0 Å². The summed E-state index contributed by atoms with van der Waals surface area (Å²) in [4.78, 5) is 0. The maximum atomic E-state index is 11.6. The van der Waals surface area contributed by atoms with E-state index in [2.05, 4.69) is 19.7 Å². The van der Waals surface area contributed by atoms with Gasteiger partial charge in [-0.15, -0.1) is 11.7 Å². The molecule has 0 radical (unpaired) electrons. The third-order valence-corrected chi connectivity index (χ3v) is 0. The summed E-state index contributed by atoms with van der Waals surface area (Å²) >= 11 is 2.97. The van der Waals surface area contributed by atoms with Gasteiger partial charge in [0.25, 0.3) is 0 Å². The van der Waals surface area contributed by atoms with Crippen molar-refractivity contribution in [3.05, 3.63) is 0 Å². The van der Waals surface area contributed by atoms with Crippen molar-refractivity contribution in [2.45, 2.75) is 0 Å². The summed E-state index contributed by atoms with van der Waals surface area (Å²) in [5.41, 5.74) is 0. The van der Waals surface area contributed by atoms with Gasteiger partial charge in [0.2, 0.25) is 0 Å². The summed E-state index contributed by atoms with van der Waals surface area (Å²) in [6.07, 6.45) is 0. The fourth-order valence-electron chi connectivity index (χ4n) is 0. The van der Waals surface area contributed by atoms with Crippen LogP contribution in [0.5, 0.6) is 0 Å². The van der Waals surface area contributed by atoms with Crippen LogP contribution in [0, 0.1) is 0 Å². The van der Waals surface area contributed by atoms with Gasteiger partial charge in [-0.25, -0.2) is 0 Å². The van der Waals surface area contributed by atoms with E-state index in [1.54, 1.807) is 0 Å². The Morgan fingerprint density at radius 3 is 2.50 bits per heavy atom. The third kappa shape index (κ3) is 12.6. The predicted molar refractivity (Wildman–Crippen MR) is 28.6 cm³/mol. The van der Waals surface area contributed by atoms with Crippen molar-refractivity contribution in [3.63, 3.8) is 0 Å². The Morgan fingerprint density at radius 2 is 2.50 bits per heavy atom. The van der Waals surface area contributed by atoms with Gasteiger partial charge in [-0.05, 0) is 0 Å². The first-order chi connectivity index (χ1) is 2.24. The number of hydrogen-bond acceptors (Lipinski definition) is 0. The molecule has 0 spiro atoms. The molecule has 0 amide bonds. The van der Waals surface area contributed by atoms with Crippen LogP contribution in [-0.4, -0.2) is 2.25 Å². The molecule has 0 heterocycles. The third-order valence-electron chi connectivity index (χ3n) is 0. The van der Waals surface area contributed by atoms with Gasteiger partial charge in [-0.1, -0.05) is 17.3 Å². The Bertz CT molecular complexity index is 89.2. The van der Waals surface area contributed by atoms with Crippen LogP contribution >= 0.6 is 19.7 Å². The van der Waals surface area contributed by atoms with Gasteiger partial charge >= 0.3 is 0 Å². The van der Waals surface area contributed by atoms with Crippen molar-refractivity contribution in [1.29, 1.82) is 2.25 Å². The van der Waals surface area contributed by atoms with E-state index in [9.17, 15) is 3.89 Å². The average molecular weight is 120 g/mol. The summed E-state index contributed by atoms with van der Waals surface area (Å²) in [7, 11) is -2.18. The normalized spacial score (nSPS) is 29.0. The smallest absolute Gasteiger partial charge is 0.120 e. The molecule has 0 saturated heterocycles. The van der Waals surface area contributed by atoms with E-state index in [0.29, 0.717) is 0 Å². The van der Waals surface area contributed by atoms with Crippen LogP contribution in [0.4, 0.5) is 3.89 Å². The topological polar surface area (TPSA) is 0 Å². The van der Waals surface area contributed by atoms with Gasteiger partial charge < -0.3 is 0 Å². The number of hydrogen-bond donors (Lipinski definition) is 1. The Kier molecular flexibility index (Phi) is 1.18. The van der Waals surface area contributed by atoms with Crippen LogP contribution in [0.3, 0.4) is 0 Å². The van der Waals surface area contributed by atoms with Crippen LogP contribution in [-0.2, 0) is 9.30 Å². The summed E-state index contributed by atoms with van der Waals surface area (Å²) in [5, 5.41) is 0. The van der Waals surface area contributed by atoms with Gasteiger partial charge in [0.1, 0.15) is 2.25 Å². The first-order valence-electron chi connectivity index (χ1n) is 1.36. The van der Waals surface area contributed by atoms with Crippen molar-refractivity contribution in [2.75, 3.05) is 0 Å². The lowest BCUT2D eigenvalue weighted by Crippen LogP contribution is -1.32. The molecule has 0 N–H and O–H groups in total. The van der Waals surface area contributed by atoms with Crippen molar-refractivity contribution < 1.29 is 3.89 Å². The summed E-state index contributed by atoms with van der Waals surface area (Å²) in [5.74, 6) is 0. The number of rotatable bonds is 0. The molecule has 0 nitrogen and oxygen atoms in total. The standard InChI is InChI=1S/FH4PS2/c1-4(2)3/h2-3H,4H2/i4D2. The zero-order valence-corrected chi connectivity index (χ0v) is 4.44. The van der Waals surface area contributed by atoms with Crippen molar-refractivity contribution >= 4 is 29.0 Å². The molecule has 0 aliphatic carbocycles. The largest absolute Gasteiger partial charge is 0.188 e. The Hall–Kier alpha value is 0.930. The SMILES string of the molecule is [2H]S([2H])(F)(=P)S. The monoisotopic (exact) mass is 120 g/mol. The summed E-state index contributed by atoms with van der Waals surface area (Å²) < 4.78 is 24.0. The van der Waals surface area contributed by atoms with Crippen LogP contribution < -0.4 is 0 Å². The molecule has 0 aromatic heterocycles. The van der Waals surface area contributed by atoms with Crippen molar-refractivity contribution in [2.24, 2.45) is 0 Å². The summed E-state index contributed by atoms with van der Waals surface area (Å²) in [6, 6.07) is 0. The second-order valence-electron chi connectivity index (χ2n) is 0.237. The minimum Gasteiger partial charge on any atom is -0.188 e. The highest BCUT2D eigenvalue weighted by molar-refractivity contribution is 8.69. The molecule has 28 valence electrons. The van der Waals surface area contributed by atoms with E-state index in [4.69, 9.17) is 2.25 Å².